The zero-order valence-electron chi connectivity index (χ0n) is 18.6. The average Bonchev–Trinajstić information content (AvgIpc) is 3.48. The van der Waals surface area contributed by atoms with Crippen LogP contribution in [0.4, 0.5) is 0 Å². The van der Waals surface area contributed by atoms with Gasteiger partial charge in [-0.1, -0.05) is 50.6 Å². The number of hydrogen-bond donors (Lipinski definition) is 1. The maximum Gasteiger partial charge on any atom is 0.338 e. The lowest BCUT2D eigenvalue weighted by atomic mass is 9.97. The summed E-state index contributed by atoms with van der Waals surface area (Å²) < 4.78 is 15.1. The first-order valence-electron chi connectivity index (χ1n) is 10.9. The Kier molecular flexibility index (Phi) is 7.84. The van der Waals surface area contributed by atoms with Crippen molar-refractivity contribution in [3.05, 3.63) is 35.9 Å². The number of benzene rings is 1. The van der Waals surface area contributed by atoms with Gasteiger partial charge in [0.05, 0.1) is 7.11 Å². The third-order valence-electron chi connectivity index (χ3n) is 5.99. The van der Waals surface area contributed by atoms with Crippen molar-refractivity contribution in [2.75, 3.05) is 13.7 Å². The Morgan fingerprint density at radius 2 is 1.88 bits per heavy atom. The van der Waals surface area contributed by atoms with Crippen LogP contribution in [0.3, 0.4) is 0 Å². The normalized spacial score (nSPS) is 23.7. The molecule has 1 aromatic carbocycles. The fraction of sp³-hybridized carbons (Fsp3) is 0.565. The molecule has 0 saturated carbocycles. The van der Waals surface area contributed by atoms with Gasteiger partial charge in [-0.05, 0) is 24.3 Å². The summed E-state index contributed by atoms with van der Waals surface area (Å²) in [5.41, 5.74) is 0.867. The van der Waals surface area contributed by atoms with Gasteiger partial charge in [0.15, 0.2) is 12.2 Å². The number of methoxy groups -OCH3 is 1. The highest BCUT2D eigenvalue weighted by molar-refractivity contribution is 5.96. The van der Waals surface area contributed by atoms with E-state index in [4.69, 9.17) is 9.47 Å². The molecule has 9 nitrogen and oxygen atoms in total. The van der Waals surface area contributed by atoms with Crippen LogP contribution < -0.4 is 5.32 Å². The quantitative estimate of drug-likeness (QED) is 0.448. The number of carbonyl (C=O) groups is 4. The van der Waals surface area contributed by atoms with Crippen LogP contribution in [0.1, 0.15) is 38.7 Å². The van der Waals surface area contributed by atoms with Gasteiger partial charge in [0.25, 0.3) is 5.91 Å². The van der Waals surface area contributed by atoms with E-state index in [9.17, 15) is 19.2 Å². The molecule has 0 spiro atoms. The molecule has 2 saturated heterocycles. The third kappa shape index (κ3) is 5.45. The monoisotopic (exact) mass is 446 g/mol. The largest absolute Gasteiger partial charge is 0.467 e. The minimum atomic E-state index is -0.966. The van der Waals surface area contributed by atoms with Crippen LogP contribution in [0.5, 0.6) is 0 Å². The number of amides is 2. The van der Waals surface area contributed by atoms with Crippen molar-refractivity contribution in [2.24, 2.45) is 5.92 Å². The summed E-state index contributed by atoms with van der Waals surface area (Å²) >= 11 is 0. The molecule has 0 aliphatic carbocycles. The third-order valence-corrected chi connectivity index (χ3v) is 5.99. The number of nitrogens with zero attached hydrogens (tertiary/aromatic N) is 1. The smallest absolute Gasteiger partial charge is 0.338 e. The molecule has 5 atom stereocenters. The molecule has 0 unspecified atom stereocenters. The first-order chi connectivity index (χ1) is 15.4. The highest BCUT2D eigenvalue weighted by Crippen LogP contribution is 2.26. The molecule has 0 aromatic heterocycles. The van der Waals surface area contributed by atoms with E-state index in [2.05, 4.69) is 10.1 Å². The van der Waals surface area contributed by atoms with Gasteiger partial charge in [-0.15, -0.1) is 0 Å². The molecule has 2 heterocycles. The van der Waals surface area contributed by atoms with E-state index in [1.807, 2.05) is 44.2 Å². The van der Waals surface area contributed by atoms with Crippen LogP contribution in [-0.2, 0) is 40.0 Å². The van der Waals surface area contributed by atoms with Gasteiger partial charge in [-0.3, -0.25) is 9.59 Å². The first-order valence-corrected chi connectivity index (χ1v) is 10.9. The van der Waals surface area contributed by atoms with Gasteiger partial charge in [0.2, 0.25) is 5.91 Å². The highest BCUT2D eigenvalue weighted by Gasteiger charge is 2.52. The van der Waals surface area contributed by atoms with Gasteiger partial charge >= 0.3 is 11.9 Å². The number of ether oxygens (including phenoxy) is 3. The van der Waals surface area contributed by atoms with Crippen molar-refractivity contribution in [3.8, 4) is 0 Å². The van der Waals surface area contributed by atoms with Crippen molar-refractivity contribution >= 4 is 23.8 Å². The standard InChI is InChI=1S/C23H30N2O7/c1-4-14(2)17(24-20(26)18-19(32-18)23(29)30-3)21(27)25-12-8-11-16(25)22(28)31-13-15-9-6-5-7-10-15/h5-7,9-10,14,16-19H,4,8,11-13H2,1-3H3,(H,24,26)/t14-,16-,17-,18-,19-/m0/s1. The maximum atomic E-state index is 13.4. The number of nitrogens with one attached hydrogen (secondary N) is 1. The SMILES string of the molecule is CC[C@H](C)[C@H](NC(=O)[C@H]1O[C@@H]1C(=O)OC)C(=O)N1CCC[C@H]1C(=O)OCc1ccccc1. The predicted octanol–water partition coefficient (Wildman–Crippen LogP) is 1.19. The molecule has 32 heavy (non-hydrogen) atoms. The van der Waals surface area contributed by atoms with Crippen molar-refractivity contribution in [3.63, 3.8) is 0 Å². The van der Waals surface area contributed by atoms with Crippen molar-refractivity contribution in [2.45, 2.75) is 64.0 Å². The summed E-state index contributed by atoms with van der Waals surface area (Å²) in [6.07, 6.45) is -0.0861. The summed E-state index contributed by atoms with van der Waals surface area (Å²) in [6.45, 7) is 4.32. The first kappa shape index (κ1) is 23.7. The van der Waals surface area contributed by atoms with Crippen molar-refractivity contribution in [1.29, 1.82) is 0 Å². The molecular weight excluding hydrogens is 416 g/mol. The zero-order chi connectivity index (χ0) is 23.3. The number of hydrogen-bond acceptors (Lipinski definition) is 7. The number of carbonyl (C=O) groups excluding carboxylic acids is 4. The van der Waals surface area contributed by atoms with E-state index in [1.54, 1.807) is 0 Å². The Balaban J connectivity index is 1.63. The molecule has 1 N–H and O–H groups in total. The van der Waals surface area contributed by atoms with Crippen LogP contribution >= 0.6 is 0 Å². The fourth-order valence-corrected chi connectivity index (χ4v) is 3.80. The highest BCUT2D eigenvalue weighted by atomic mass is 16.6. The number of rotatable bonds is 9. The average molecular weight is 447 g/mol. The van der Waals surface area contributed by atoms with Gasteiger partial charge < -0.3 is 24.4 Å². The Morgan fingerprint density at radius 3 is 2.53 bits per heavy atom. The fourth-order valence-electron chi connectivity index (χ4n) is 3.80. The number of epoxide rings is 1. The Morgan fingerprint density at radius 1 is 1.16 bits per heavy atom. The van der Waals surface area contributed by atoms with Gasteiger partial charge in [-0.2, -0.15) is 0 Å². The molecule has 174 valence electrons. The Labute approximate surface area is 187 Å². The molecule has 0 bridgehead atoms. The molecule has 2 aliphatic heterocycles. The Hall–Kier alpha value is -2.94. The van der Waals surface area contributed by atoms with Crippen LogP contribution in [-0.4, -0.2) is 66.6 Å². The minimum Gasteiger partial charge on any atom is -0.467 e. The van der Waals surface area contributed by atoms with E-state index in [0.717, 1.165) is 5.56 Å². The van der Waals surface area contributed by atoms with Gasteiger partial charge in [0, 0.05) is 6.54 Å². The van der Waals surface area contributed by atoms with E-state index in [-0.39, 0.29) is 18.4 Å². The number of esters is 2. The molecule has 2 aliphatic rings. The second-order valence-electron chi connectivity index (χ2n) is 8.16. The molecule has 0 radical (unpaired) electrons. The van der Waals surface area contributed by atoms with E-state index in [1.165, 1.54) is 12.0 Å². The summed E-state index contributed by atoms with van der Waals surface area (Å²) in [4.78, 5) is 51.7. The lowest BCUT2D eigenvalue weighted by molar-refractivity contribution is -0.155. The summed E-state index contributed by atoms with van der Waals surface area (Å²) in [7, 11) is 1.22. The maximum absolute atomic E-state index is 13.4. The lowest BCUT2D eigenvalue weighted by Crippen LogP contribution is -2.55. The zero-order valence-corrected chi connectivity index (χ0v) is 18.6. The van der Waals surface area contributed by atoms with E-state index >= 15 is 0 Å². The molecule has 9 heteroatoms. The minimum absolute atomic E-state index is 0.137. The van der Waals surface area contributed by atoms with Gasteiger partial charge in [0.1, 0.15) is 18.7 Å². The van der Waals surface area contributed by atoms with E-state index in [0.29, 0.717) is 25.8 Å². The van der Waals surface area contributed by atoms with Crippen LogP contribution in [0, 0.1) is 5.92 Å². The van der Waals surface area contributed by atoms with Crippen molar-refractivity contribution < 1.29 is 33.4 Å². The van der Waals surface area contributed by atoms with Gasteiger partial charge in [-0.25, -0.2) is 9.59 Å². The second-order valence-corrected chi connectivity index (χ2v) is 8.16. The topological polar surface area (TPSA) is 115 Å². The summed E-state index contributed by atoms with van der Waals surface area (Å²) in [6, 6.07) is 7.81. The second kappa shape index (κ2) is 10.6. The van der Waals surface area contributed by atoms with Crippen LogP contribution in [0.15, 0.2) is 30.3 Å². The van der Waals surface area contributed by atoms with Crippen LogP contribution in [0.25, 0.3) is 0 Å². The Bertz CT molecular complexity index is 844. The lowest BCUT2D eigenvalue weighted by Gasteiger charge is -2.30. The van der Waals surface area contributed by atoms with Crippen LogP contribution in [0.2, 0.25) is 0 Å². The molecule has 2 fully saturated rings. The molecule has 2 amide bonds. The molecule has 1 aromatic rings. The predicted molar refractivity (Wildman–Crippen MR) is 113 cm³/mol. The summed E-state index contributed by atoms with van der Waals surface area (Å²) in [5, 5.41) is 2.72. The molecule has 3 rings (SSSR count). The molecular formula is C23H30N2O7. The van der Waals surface area contributed by atoms with E-state index < -0.39 is 42.1 Å². The van der Waals surface area contributed by atoms with Crippen molar-refractivity contribution in [1.82, 2.24) is 10.2 Å². The summed E-state index contributed by atoms with van der Waals surface area (Å²) in [5.74, 6) is -2.13. The number of likely N-dealkylation sites (tertiary alicyclic amines) is 1.